The van der Waals surface area contributed by atoms with E-state index in [1.165, 1.54) is 7.11 Å². The Labute approximate surface area is 164 Å². The summed E-state index contributed by atoms with van der Waals surface area (Å²) in [6.07, 6.45) is 4.54. The van der Waals surface area contributed by atoms with E-state index in [0.29, 0.717) is 23.6 Å². The van der Waals surface area contributed by atoms with Crippen molar-refractivity contribution < 1.29 is 14.3 Å². The number of methoxy groups -OCH3 is 1. The lowest BCUT2D eigenvalue weighted by Crippen LogP contribution is -2.53. The summed E-state index contributed by atoms with van der Waals surface area (Å²) in [7, 11) is 3.12. The number of benzene rings is 1. The summed E-state index contributed by atoms with van der Waals surface area (Å²) in [5.41, 5.74) is 0.248. The molecule has 3 rings (SSSR count). The monoisotopic (exact) mass is 386 g/mol. The van der Waals surface area contributed by atoms with Gasteiger partial charge in [-0.3, -0.25) is 0 Å². The van der Waals surface area contributed by atoms with E-state index in [9.17, 15) is 9.59 Å². The van der Waals surface area contributed by atoms with Crippen LogP contribution in [0.2, 0.25) is 0 Å². The lowest BCUT2D eigenvalue weighted by molar-refractivity contribution is 0.0599. The number of nitrogens with zero attached hydrogens (tertiary/aromatic N) is 5. The first kappa shape index (κ1) is 19.8. The highest BCUT2D eigenvalue weighted by Crippen LogP contribution is 2.41. The fraction of sp³-hybridized carbons (Fsp3) is 0.526. The van der Waals surface area contributed by atoms with Crippen molar-refractivity contribution in [1.29, 1.82) is 0 Å². The van der Waals surface area contributed by atoms with Crippen LogP contribution in [0.15, 0.2) is 24.3 Å². The predicted molar refractivity (Wildman–Crippen MR) is 102 cm³/mol. The number of tetrazole rings is 1. The molecule has 28 heavy (non-hydrogen) atoms. The summed E-state index contributed by atoms with van der Waals surface area (Å²) in [6, 6.07) is 6.86. The largest absolute Gasteiger partial charge is 0.465 e. The molecular formula is C19H26N6O3. The first-order valence-electron chi connectivity index (χ1n) is 9.53. The Hall–Kier alpha value is -2.97. The number of carbonyl (C=O) groups is 2. The van der Waals surface area contributed by atoms with Gasteiger partial charge in [-0.2, -0.15) is 4.68 Å². The minimum Gasteiger partial charge on any atom is -0.465 e. The molecular weight excluding hydrogens is 360 g/mol. The number of hydrogen-bond donors (Lipinski definition) is 1. The molecule has 150 valence electrons. The van der Waals surface area contributed by atoms with Crippen LogP contribution in [0.4, 0.5) is 4.79 Å². The van der Waals surface area contributed by atoms with Gasteiger partial charge in [-0.25, -0.2) is 9.59 Å². The van der Waals surface area contributed by atoms with E-state index < -0.39 is 11.5 Å². The molecule has 9 nitrogen and oxygen atoms in total. The fourth-order valence-electron chi connectivity index (χ4n) is 3.89. The quantitative estimate of drug-likeness (QED) is 0.791. The summed E-state index contributed by atoms with van der Waals surface area (Å²) in [4.78, 5) is 26.6. The molecule has 1 aliphatic rings. The number of ether oxygens (including phenoxy) is 1. The molecule has 1 heterocycles. The number of rotatable bonds is 5. The number of hydrogen-bond acceptors (Lipinski definition) is 6. The lowest BCUT2D eigenvalue weighted by atomic mass is 9.79. The molecule has 2 amide bonds. The highest BCUT2D eigenvalue weighted by molar-refractivity contribution is 5.93. The maximum atomic E-state index is 12.7. The molecule has 1 aromatic heterocycles. The molecule has 0 atom stereocenters. The van der Waals surface area contributed by atoms with E-state index in [2.05, 4.69) is 20.8 Å². The van der Waals surface area contributed by atoms with E-state index in [1.54, 1.807) is 34.8 Å². The number of para-hydroxylation sites is 1. The molecule has 1 aromatic carbocycles. The molecule has 0 aliphatic heterocycles. The third kappa shape index (κ3) is 3.44. The number of aromatic nitrogens is 4. The van der Waals surface area contributed by atoms with Gasteiger partial charge in [-0.15, -0.1) is 5.10 Å². The zero-order valence-corrected chi connectivity index (χ0v) is 16.5. The number of carbonyl (C=O) groups excluding carboxylic acids is 2. The fourth-order valence-corrected chi connectivity index (χ4v) is 3.89. The normalized spacial score (nSPS) is 15.7. The maximum Gasteiger partial charge on any atom is 0.340 e. The van der Waals surface area contributed by atoms with E-state index in [-0.39, 0.29) is 6.03 Å². The second-order valence-electron chi connectivity index (χ2n) is 6.91. The van der Waals surface area contributed by atoms with Crippen LogP contribution in [0.25, 0.3) is 5.69 Å². The third-order valence-corrected chi connectivity index (χ3v) is 5.38. The Balaban J connectivity index is 2.12. The molecule has 1 fully saturated rings. The number of amides is 2. The van der Waals surface area contributed by atoms with Crippen LogP contribution < -0.4 is 5.32 Å². The van der Waals surface area contributed by atoms with Crippen LogP contribution in [0.1, 0.15) is 55.2 Å². The van der Waals surface area contributed by atoms with Gasteiger partial charge < -0.3 is 15.0 Å². The highest BCUT2D eigenvalue weighted by atomic mass is 16.5. The first-order valence-corrected chi connectivity index (χ1v) is 9.53. The van der Waals surface area contributed by atoms with Crippen LogP contribution in [-0.4, -0.2) is 57.8 Å². The molecule has 0 spiro atoms. The van der Waals surface area contributed by atoms with Crippen LogP contribution in [0.3, 0.4) is 0 Å². The van der Waals surface area contributed by atoms with E-state index in [1.807, 2.05) is 13.0 Å². The van der Waals surface area contributed by atoms with Gasteiger partial charge in [-0.05, 0) is 42.3 Å². The zero-order valence-electron chi connectivity index (χ0n) is 16.5. The third-order valence-electron chi connectivity index (χ3n) is 5.38. The van der Waals surface area contributed by atoms with Crippen LogP contribution in [0, 0.1) is 0 Å². The lowest BCUT2D eigenvalue weighted by Gasteiger charge is -2.43. The van der Waals surface area contributed by atoms with Crippen molar-refractivity contribution in [2.45, 2.75) is 44.6 Å². The summed E-state index contributed by atoms with van der Waals surface area (Å²) in [5.74, 6) is 0.0872. The van der Waals surface area contributed by atoms with Gasteiger partial charge in [0.2, 0.25) is 0 Å². The molecule has 1 saturated carbocycles. The molecule has 0 unspecified atom stereocenters. The summed E-state index contributed by atoms with van der Waals surface area (Å²) < 4.78 is 6.47. The van der Waals surface area contributed by atoms with E-state index in [4.69, 9.17) is 4.74 Å². The van der Waals surface area contributed by atoms with Gasteiger partial charge >= 0.3 is 12.0 Å². The van der Waals surface area contributed by atoms with E-state index in [0.717, 1.165) is 32.1 Å². The molecule has 1 aliphatic carbocycles. The van der Waals surface area contributed by atoms with Crippen molar-refractivity contribution in [2.24, 2.45) is 0 Å². The SMILES string of the molecule is CCNC(=O)N(C)C1(c2nnnn2-c2ccccc2C(=O)OC)CCCCC1. The number of urea groups is 1. The molecule has 0 radical (unpaired) electrons. The Morgan fingerprint density at radius 3 is 2.64 bits per heavy atom. The Morgan fingerprint density at radius 1 is 1.25 bits per heavy atom. The van der Waals surface area contributed by atoms with Gasteiger partial charge in [0, 0.05) is 13.6 Å². The van der Waals surface area contributed by atoms with Crippen molar-refractivity contribution in [3.05, 3.63) is 35.7 Å². The minimum atomic E-state index is -0.649. The minimum absolute atomic E-state index is 0.166. The molecule has 1 N–H and O–H groups in total. The average molecular weight is 386 g/mol. The number of esters is 1. The van der Waals surface area contributed by atoms with Gasteiger partial charge in [0.1, 0.15) is 5.54 Å². The van der Waals surface area contributed by atoms with Crippen molar-refractivity contribution >= 4 is 12.0 Å². The van der Waals surface area contributed by atoms with Crippen molar-refractivity contribution in [3.63, 3.8) is 0 Å². The first-order chi connectivity index (χ1) is 13.5. The summed E-state index contributed by atoms with van der Waals surface area (Å²) in [5, 5.41) is 15.2. The molecule has 9 heteroatoms. The van der Waals surface area contributed by atoms with Crippen molar-refractivity contribution in [3.8, 4) is 5.69 Å². The maximum absolute atomic E-state index is 12.7. The highest BCUT2D eigenvalue weighted by Gasteiger charge is 2.45. The smallest absolute Gasteiger partial charge is 0.340 e. The number of nitrogens with one attached hydrogen (secondary N) is 1. The Kier molecular flexibility index (Phi) is 5.91. The standard InChI is InChI=1S/C19H26N6O3/c1-4-20-18(27)24(2)19(12-8-5-9-13-19)17-21-22-23-25(17)15-11-7-6-10-14(15)16(26)28-3/h6-7,10-11H,4-5,8-9,12-13H2,1-3H3,(H,20,27). The topological polar surface area (TPSA) is 102 Å². The second-order valence-corrected chi connectivity index (χ2v) is 6.91. The summed E-state index contributed by atoms with van der Waals surface area (Å²) >= 11 is 0. The van der Waals surface area contributed by atoms with Crippen LogP contribution in [0.5, 0.6) is 0 Å². The van der Waals surface area contributed by atoms with Crippen LogP contribution >= 0.6 is 0 Å². The summed E-state index contributed by atoms with van der Waals surface area (Å²) in [6.45, 7) is 2.42. The molecule has 0 saturated heterocycles. The van der Waals surface area contributed by atoms with Gasteiger partial charge in [-0.1, -0.05) is 31.4 Å². The van der Waals surface area contributed by atoms with Gasteiger partial charge in [0.05, 0.1) is 18.4 Å². The Bertz CT molecular complexity index is 844. The Morgan fingerprint density at radius 2 is 1.96 bits per heavy atom. The average Bonchev–Trinajstić information content (AvgIpc) is 3.23. The molecule has 2 aromatic rings. The van der Waals surface area contributed by atoms with Crippen LogP contribution in [-0.2, 0) is 10.3 Å². The molecule has 0 bridgehead atoms. The van der Waals surface area contributed by atoms with Crippen molar-refractivity contribution in [2.75, 3.05) is 20.7 Å². The second kappa shape index (κ2) is 8.37. The van der Waals surface area contributed by atoms with Gasteiger partial charge in [0.25, 0.3) is 0 Å². The van der Waals surface area contributed by atoms with E-state index >= 15 is 0 Å². The van der Waals surface area contributed by atoms with Gasteiger partial charge in [0.15, 0.2) is 5.82 Å². The predicted octanol–water partition coefficient (Wildman–Crippen LogP) is 2.27. The van der Waals surface area contributed by atoms with Crippen molar-refractivity contribution in [1.82, 2.24) is 30.4 Å². The zero-order chi connectivity index (χ0) is 20.1.